The first-order chi connectivity index (χ1) is 12.7. The van der Waals surface area contributed by atoms with E-state index in [-0.39, 0.29) is 11.8 Å². The van der Waals surface area contributed by atoms with Crippen LogP contribution in [0.25, 0.3) is 0 Å². The lowest BCUT2D eigenvalue weighted by molar-refractivity contribution is -0.122. The first-order valence-corrected chi connectivity index (χ1v) is 9.22. The van der Waals surface area contributed by atoms with Gasteiger partial charge in [-0.05, 0) is 55.5 Å². The predicted octanol–water partition coefficient (Wildman–Crippen LogP) is 3.01. The molecule has 0 aromatic heterocycles. The van der Waals surface area contributed by atoms with Gasteiger partial charge >= 0.3 is 0 Å². The predicted molar refractivity (Wildman–Crippen MR) is 101 cm³/mol. The minimum Gasteiger partial charge on any atom is -0.370 e. The first kappa shape index (κ1) is 16.6. The molecule has 2 saturated carbocycles. The van der Waals surface area contributed by atoms with Crippen LogP contribution >= 0.6 is 0 Å². The van der Waals surface area contributed by atoms with Crippen molar-refractivity contribution < 1.29 is 9.59 Å². The Morgan fingerprint density at radius 1 is 0.808 bits per heavy atom. The maximum Gasteiger partial charge on any atom is 0.251 e. The van der Waals surface area contributed by atoms with Gasteiger partial charge < -0.3 is 16.0 Å². The Kier molecular flexibility index (Phi) is 4.61. The maximum absolute atomic E-state index is 12.7. The zero-order valence-corrected chi connectivity index (χ0v) is 14.6. The smallest absolute Gasteiger partial charge is 0.251 e. The normalized spacial score (nSPS) is 17.2. The highest BCUT2D eigenvalue weighted by Gasteiger charge is 2.28. The summed E-state index contributed by atoms with van der Waals surface area (Å²) in [5.74, 6) is -0.0561. The SMILES string of the molecule is O=C(NC1CC1)c1ccc(N[C@H](C(=O)NC2CC2)c2ccccc2)cc1. The zero-order chi connectivity index (χ0) is 17.9. The van der Waals surface area contributed by atoms with E-state index in [2.05, 4.69) is 16.0 Å². The number of carbonyl (C=O) groups excluding carboxylic acids is 2. The van der Waals surface area contributed by atoms with Crippen LogP contribution in [0.15, 0.2) is 54.6 Å². The lowest BCUT2D eigenvalue weighted by Gasteiger charge is -2.20. The van der Waals surface area contributed by atoms with Gasteiger partial charge in [-0.3, -0.25) is 9.59 Å². The Balaban J connectivity index is 1.47. The third-order valence-corrected chi connectivity index (χ3v) is 4.69. The van der Waals surface area contributed by atoms with Crippen molar-refractivity contribution in [2.75, 3.05) is 5.32 Å². The lowest BCUT2D eigenvalue weighted by Crippen LogP contribution is -2.34. The summed E-state index contributed by atoms with van der Waals surface area (Å²) in [7, 11) is 0. The van der Waals surface area contributed by atoms with E-state index in [1.807, 2.05) is 42.5 Å². The summed E-state index contributed by atoms with van der Waals surface area (Å²) in [4.78, 5) is 24.8. The number of anilines is 1. The molecule has 0 spiro atoms. The molecule has 4 rings (SSSR count). The average Bonchev–Trinajstić information content (AvgIpc) is 3.58. The second-order valence-corrected chi connectivity index (χ2v) is 7.10. The molecule has 2 aromatic carbocycles. The minimum atomic E-state index is -0.456. The fourth-order valence-electron chi connectivity index (χ4n) is 2.84. The molecule has 5 heteroatoms. The first-order valence-electron chi connectivity index (χ1n) is 9.22. The second-order valence-electron chi connectivity index (χ2n) is 7.10. The largest absolute Gasteiger partial charge is 0.370 e. The summed E-state index contributed by atoms with van der Waals surface area (Å²) >= 11 is 0. The van der Waals surface area contributed by atoms with Crippen molar-refractivity contribution in [2.45, 2.75) is 43.8 Å². The Hall–Kier alpha value is -2.82. The highest BCUT2D eigenvalue weighted by molar-refractivity contribution is 5.95. The molecule has 2 aliphatic rings. The number of amides is 2. The van der Waals surface area contributed by atoms with Gasteiger partial charge in [0, 0.05) is 23.3 Å². The fourth-order valence-corrected chi connectivity index (χ4v) is 2.84. The van der Waals surface area contributed by atoms with Gasteiger partial charge in [0.05, 0.1) is 0 Å². The molecule has 2 fully saturated rings. The van der Waals surface area contributed by atoms with Crippen LogP contribution in [0.5, 0.6) is 0 Å². The molecule has 0 bridgehead atoms. The molecule has 0 heterocycles. The van der Waals surface area contributed by atoms with Crippen LogP contribution in [0, 0.1) is 0 Å². The highest BCUT2D eigenvalue weighted by atomic mass is 16.2. The van der Waals surface area contributed by atoms with E-state index >= 15 is 0 Å². The number of carbonyl (C=O) groups is 2. The van der Waals surface area contributed by atoms with Crippen LogP contribution in [0.3, 0.4) is 0 Å². The molecule has 5 nitrogen and oxygen atoms in total. The average molecular weight is 349 g/mol. The Labute approximate surface area is 153 Å². The van der Waals surface area contributed by atoms with Crippen LogP contribution in [0.1, 0.15) is 47.6 Å². The van der Waals surface area contributed by atoms with Crippen molar-refractivity contribution >= 4 is 17.5 Å². The van der Waals surface area contributed by atoms with Crippen LogP contribution in [0.4, 0.5) is 5.69 Å². The molecule has 0 radical (unpaired) electrons. The van der Waals surface area contributed by atoms with Crippen LogP contribution in [-0.4, -0.2) is 23.9 Å². The van der Waals surface area contributed by atoms with Crippen molar-refractivity contribution in [3.8, 4) is 0 Å². The van der Waals surface area contributed by atoms with Gasteiger partial charge in [-0.15, -0.1) is 0 Å². The highest BCUT2D eigenvalue weighted by Crippen LogP contribution is 2.24. The molecule has 3 N–H and O–H groups in total. The Morgan fingerprint density at radius 2 is 1.42 bits per heavy atom. The summed E-state index contributed by atoms with van der Waals surface area (Å²) < 4.78 is 0. The quantitative estimate of drug-likeness (QED) is 0.720. The standard InChI is InChI=1S/C21H23N3O2/c25-20(23-17-10-11-17)15-6-8-16(9-7-15)22-19(14-4-2-1-3-5-14)21(26)24-18-12-13-18/h1-9,17-19,22H,10-13H2,(H,23,25)(H,24,26)/t19-/m0/s1. The third-order valence-electron chi connectivity index (χ3n) is 4.69. The van der Waals surface area contributed by atoms with Crippen molar-refractivity contribution in [1.82, 2.24) is 10.6 Å². The molecule has 134 valence electrons. The van der Waals surface area contributed by atoms with Crippen LogP contribution < -0.4 is 16.0 Å². The van der Waals surface area contributed by atoms with Crippen LogP contribution in [0.2, 0.25) is 0 Å². The topological polar surface area (TPSA) is 70.2 Å². The molecule has 26 heavy (non-hydrogen) atoms. The van der Waals surface area contributed by atoms with Crippen molar-refractivity contribution in [3.63, 3.8) is 0 Å². The second kappa shape index (κ2) is 7.20. The molecular formula is C21H23N3O2. The number of hydrogen-bond acceptors (Lipinski definition) is 3. The van der Waals surface area contributed by atoms with E-state index in [1.165, 1.54) is 0 Å². The summed E-state index contributed by atoms with van der Waals surface area (Å²) in [5, 5.41) is 9.35. The van der Waals surface area contributed by atoms with Gasteiger partial charge in [0.1, 0.15) is 6.04 Å². The van der Waals surface area contributed by atoms with Crippen molar-refractivity contribution in [3.05, 3.63) is 65.7 Å². The number of benzene rings is 2. The fraction of sp³-hybridized carbons (Fsp3) is 0.333. The molecule has 0 aliphatic heterocycles. The van der Waals surface area contributed by atoms with Gasteiger partial charge in [-0.2, -0.15) is 0 Å². The van der Waals surface area contributed by atoms with Gasteiger partial charge in [-0.1, -0.05) is 30.3 Å². The summed E-state index contributed by atoms with van der Waals surface area (Å²) in [5.41, 5.74) is 2.37. The van der Waals surface area contributed by atoms with E-state index in [1.54, 1.807) is 12.1 Å². The monoisotopic (exact) mass is 349 g/mol. The molecule has 0 saturated heterocycles. The van der Waals surface area contributed by atoms with Gasteiger partial charge in [0.2, 0.25) is 5.91 Å². The summed E-state index contributed by atoms with van der Waals surface area (Å²) in [6.07, 6.45) is 4.25. The molecule has 2 aromatic rings. The minimum absolute atomic E-state index is 0.0192. The third kappa shape index (κ3) is 4.23. The summed E-state index contributed by atoms with van der Waals surface area (Å²) in [6, 6.07) is 17.2. The molecule has 2 aliphatic carbocycles. The molecule has 0 unspecified atom stereocenters. The van der Waals surface area contributed by atoms with E-state index in [4.69, 9.17) is 0 Å². The van der Waals surface area contributed by atoms with Gasteiger partial charge in [0.15, 0.2) is 0 Å². The Bertz CT molecular complexity index is 781. The molecular weight excluding hydrogens is 326 g/mol. The summed E-state index contributed by atoms with van der Waals surface area (Å²) in [6.45, 7) is 0. The molecule has 1 atom stereocenters. The van der Waals surface area contributed by atoms with E-state index in [9.17, 15) is 9.59 Å². The number of hydrogen-bond donors (Lipinski definition) is 3. The van der Waals surface area contributed by atoms with Gasteiger partial charge in [-0.25, -0.2) is 0 Å². The van der Waals surface area contributed by atoms with Gasteiger partial charge in [0.25, 0.3) is 5.91 Å². The zero-order valence-electron chi connectivity index (χ0n) is 14.6. The van der Waals surface area contributed by atoms with Crippen molar-refractivity contribution in [1.29, 1.82) is 0 Å². The van der Waals surface area contributed by atoms with Crippen molar-refractivity contribution in [2.24, 2.45) is 0 Å². The number of nitrogens with one attached hydrogen (secondary N) is 3. The van der Waals surface area contributed by atoms with Crippen LogP contribution in [-0.2, 0) is 4.79 Å². The number of rotatable bonds is 7. The Morgan fingerprint density at radius 3 is 2.04 bits per heavy atom. The molecule has 2 amide bonds. The van der Waals surface area contributed by atoms with E-state index in [0.717, 1.165) is 36.9 Å². The van der Waals surface area contributed by atoms with E-state index in [0.29, 0.717) is 17.6 Å². The lowest BCUT2D eigenvalue weighted by atomic mass is 10.1. The maximum atomic E-state index is 12.7. The van der Waals surface area contributed by atoms with E-state index < -0.39 is 6.04 Å².